The lowest BCUT2D eigenvalue weighted by molar-refractivity contribution is -0.113. The van der Waals surface area contributed by atoms with E-state index in [1.54, 1.807) is 0 Å². The minimum Gasteiger partial charge on any atom is -0.325 e. The van der Waals surface area contributed by atoms with Gasteiger partial charge in [-0.1, -0.05) is 58.0 Å². The number of hydrogen-bond acceptors (Lipinski definition) is 4. The third-order valence-corrected chi connectivity index (χ3v) is 5.83. The Morgan fingerprint density at radius 2 is 1.82 bits per heavy atom. The van der Waals surface area contributed by atoms with Crippen molar-refractivity contribution in [1.29, 1.82) is 0 Å². The normalized spacial score (nSPS) is 10.9. The Labute approximate surface area is 178 Å². The fourth-order valence-corrected chi connectivity index (χ4v) is 4.57. The Balaban J connectivity index is 1.65. The van der Waals surface area contributed by atoms with Crippen LogP contribution in [0, 0.1) is 13.8 Å². The Hall–Kier alpha value is -2.12. The van der Waals surface area contributed by atoms with E-state index in [2.05, 4.69) is 55.1 Å². The Kier molecular flexibility index (Phi) is 6.91. The van der Waals surface area contributed by atoms with Gasteiger partial charge in [-0.3, -0.25) is 4.79 Å². The molecular weight excluding hydrogens is 436 g/mol. The second-order valence-electron chi connectivity index (χ2n) is 6.56. The maximum atomic E-state index is 12.5. The first-order valence-corrected chi connectivity index (χ1v) is 10.9. The first kappa shape index (κ1) is 20.6. The first-order chi connectivity index (χ1) is 13.5. The first-order valence-electron chi connectivity index (χ1n) is 9.13. The van der Waals surface area contributed by atoms with E-state index < -0.39 is 0 Å². The molecule has 0 atom stereocenters. The molecule has 0 saturated heterocycles. The van der Waals surface area contributed by atoms with Gasteiger partial charge in [0.2, 0.25) is 5.91 Å². The summed E-state index contributed by atoms with van der Waals surface area (Å²) in [6.45, 7) is 6.81. The summed E-state index contributed by atoms with van der Waals surface area (Å²) in [5.41, 5.74) is 4.13. The molecule has 0 aliphatic heterocycles. The van der Waals surface area contributed by atoms with Crippen LogP contribution in [0.1, 0.15) is 29.4 Å². The van der Waals surface area contributed by atoms with Gasteiger partial charge in [0.15, 0.2) is 5.16 Å². The van der Waals surface area contributed by atoms with Gasteiger partial charge in [0, 0.05) is 23.1 Å². The van der Waals surface area contributed by atoms with Crippen LogP contribution in [0.15, 0.2) is 52.1 Å². The number of carbonyl (C=O) groups is 1. The predicted octanol–water partition coefficient (Wildman–Crippen LogP) is 5.00. The van der Waals surface area contributed by atoms with Crippen molar-refractivity contribution < 1.29 is 4.79 Å². The number of hydrogen-bond donors (Lipinski definition) is 1. The van der Waals surface area contributed by atoms with Crippen LogP contribution in [0.25, 0.3) is 0 Å². The predicted molar refractivity (Wildman–Crippen MR) is 118 cm³/mol. The summed E-state index contributed by atoms with van der Waals surface area (Å²) in [6, 6.07) is 14.2. The number of halogens is 1. The number of rotatable bonds is 7. The number of amides is 1. The fourth-order valence-electron chi connectivity index (χ4n) is 3.07. The van der Waals surface area contributed by atoms with Crippen molar-refractivity contribution in [3.63, 3.8) is 0 Å². The van der Waals surface area contributed by atoms with E-state index in [1.807, 2.05) is 44.2 Å². The van der Waals surface area contributed by atoms with Crippen LogP contribution in [0.3, 0.4) is 0 Å². The highest BCUT2D eigenvalue weighted by Crippen LogP contribution is 2.26. The lowest BCUT2D eigenvalue weighted by atomic mass is 10.1. The van der Waals surface area contributed by atoms with Crippen LogP contribution < -0.4 is 5.32 Å². The van der Waals surface area contributed by atoms with Gasteiger partial charge in [-0.25, -0.2) is 0 Å². The third-order valence-electron chi connectivity index (χ3n) is 4.41. The molecule has 1 N–H and O–H groups in total. The fraction of sp³-hybridized carbons (Fsp3) is 0.286. The molecule has 3 aromatic rings. The average molecular weight is 459 g/mol. The van der Waals surface area contributed by atoms with Gasteiger partial charge >= 0.3 is 0 Å². The lowest BCUT2D eigenvalue weighted by Gasteiger charge is -2.12. The van der Waals surface area contributed by atoms with Gasteiger partial charge < -0.3 is 9.88 Å². The summed E-state index contributed by atoms with van der Waals surface area (Å²) in [5, 5.41) is 12.4. The second-order valence-corrected chi connectivity index (χ2v) is 8.42. The quantitative estimate of drug-likeness (QED) is 0.506. The molecule has 5 nitrogen and oxygen atoms in total. The molecule has 0 unspecified atom stereocenters. The molecule has 0 aliphatic carbocycles. The number of anilines is 1. The number of aromatic nitrogens is 3. The van der Waals surface area contributed by atoms with Crippen molar-refractivity contribution in [2.45, 2.75) is 38.9 Å². The van der Waals surface area contributed by atoms with Crippen LogP contribution >= 0.6 is 27.7 Å². The molecule has 0 aliphatic rings. The molecule has 0 spiro atoms. The largest absolute Gasteiger partial charge is 0.325 e. The number of nitrogens with zero attached hydrogens (tertiary/aromatic N) is 3. The van der Waals surface area contributed by atoms with Gasteiger partial charge in [0.25, 0.3) is 0 Å². The zero-order chi connectivity index (χ0) is 20.1. The molecule has 0 saturated carbocycles. The standard InChI is InChI=1S/C21H23BrN4OS/c1-4-26-18(12-16-8-6-5-7-9-16)24-25-21(26)28-13-19(27)23-20-14(2)10-17(22)11-15(20)3/h5-11H,4,12-13H2,1-3H3,(H,23,27). The third kappa shape index (κ3) is 5.02. The lowest BCUT2D eigenvalue weighted by Crippen LogP contribution is -2.16. The zero-order valence-corrected chi connectivity index (χ0v) is 18.6. The van der Waals surface area contributed by atoms with E-state index in [1.165, 1.54) is 17.3 Å². The molecule has 0 bridgehead atoms. The summed E-state index contributed by atoms with van der Waals surface area (Å²) in [6.07, 6.45) is 0.728. The van der Waals surface area contributed by atoms with E-state index in [0.29, 0.717) is 5.75 Å². The molecule has 2 aromatic carbocycles. The SMILES string of the molecule is CCn1c(Cc2ccccc2)nnc1SCC(=O)Nc1c(C)cc(Br)cc1C. The molecule has 1 heterocycles. The van der Waals surface area contributed by atoms with Gasteiger partial charge in [-0.05, 0) is 49.6 Å². The molecule has 3 rings (SSSR count). The van der Waals surface area contributed by atoms with Crippen molar-refractivity contribution in [2.24, 2.45) is 0 Å². The summed E-state index contributed by atoms with van der Waals surface area (Å²) in [7, 11) is 0. The summed E-state index contributed by atoms with van der Waals surface area (Å²) >= 11 is 4.89. The van der Waals surface area contributed by atoms with Gasteiger partial charge in [0.05, 0.1) is 5.75 Å². The smallest absolute Gasteiger partial charge is 0.234 e. The molecule has 28 heavy (non-hydrogen) atoms. The highest BCUT2D eigenvalue weighted by atomic mass is 79.9. The highest BCUT2D eigenvalue weighted by molar-refractivity contribution is 9.10. The minimum absolute atomic E-state index is 0.0474. The molecule has 0 radical (unpaired) electrons. The number of aryl methyl sites for hydroxylation is 2. The van der Waals surface area contributed by atoms with Crippen molar-refractivity contribution >= 4 is 39.3 Å². The maximum absolute atomic E-state index is 12.5. The molecule has 7 heteroatoms. The molecular formula is C21H23BrN4OS. The molecule has 1 amide bonds. The van der Waals surface area contributed by atoms with Gasteiger partial charge in [0.1, 0.15) is 5.82 Å². The average Bonchev–Trinajstić information content (AvgIpc) is 3.05. The van der Waals surface area contributed by atoms with Crippen LogP contribution in [0.5, 0.6) is 0 Å². The number of benzene rings is 2. The summed E-state index contributed by atoms with van der Waals surface area (Å²) in [4.78, 5) is 12.5. The van der Waals surface area contributed by atoms with E-state index >= 15 is 0 Å². The zero-order valence-electron chi connectivity index (χ0n) is 16.2. The number of carbonyl (C=O) groups excluding carboxylic acids is 1. The van der Waals surface area contributed by atoms with Crippen molar-refractivity contribution in [1.82, 2.24) is 14.8 Å². The maximum Gasteiger partial charge on any atom is 0.234 e. The number of nitrogens with one attached hydrogen (secondary N) is 1. The van der Waals surface area contributed by atoms with Crippen LogP contribution in [-0.4, -0.2) is 26.4 Å². The molecule has 146 valence electrons. The summed E-state index contributed by atoms with van der Waals surface area (Å²) in [5.74, 6) is 1.16. The topological polar surface area (TPSA) is 59.8 Å². The van der Waals surface area contributed by atoms with E-state index in [0.717, 1.165) is 45.2 Å². The van der Waals surface area contributed by atoms with Crippen LogP contribution in [-0.2, 0) is 17.8 Å². The molecule has 0 fully saturated rings. The van der Waals surface area contributed by atoms with Crippen molar-refractivity contribution in [3.05, 3.63) is 69.5 Å². The van der Waals surface area contributed by atoms with Crippen LogP contribution in [0.2, 0.25) is 0 Å². The van der Waals surface area contributed by atoms with Gasteiger partial charge in [-0.15, -0.1) is 10.2 Å². The van der Waals surface area contributed by atoms with Crippen molar-refractivity contribution in [2.75, 3.05) is 11.1 Å². The van der Waals surface area contributed by atoms with E-state index in [4.69, 9.17) is 0 Å². The van der Waals surface area contributed by atoms with Crippen molar-refractivity contribution in [3.8, 4) is 0 Å². The van der Waals surface area contributed by atoms with Gasteiger partial charge in [-0.2, -0.15) is 0 Å². The van der Waals surface area contributed by atoms with E-state index in [-0.39, 0.29) is 5.91 Å². The Morgan fingerprint density at radius 3 is 2.46 bits per heavy atom. The Morgan fingerprint density at radius 1 is 1.14 bits per heavy atom. The molecule has 1 aromatic heterocycles. The number of thioether (sulfide) groups is 1. The minimum atomic E-state index is -0.0474. The monoisotopic (exact) mass is 458 g/mol. The Bertz CT molecular complexity index is 949. The summed E-state index contributed by atoms with van der Waals surface area (Å²) < 4.78 is 3.08. The highest BCUT2D eigenvalue weighted by Gasteiger charge is 2.15. The van der Waals surface area contributed by atoms with E-state index in [9.17, 15) is 4.79 Å². The second kappa shape index (κ2) is 9.39. The van der Waals surface area contributed by atoms with Crippen LogP contribution in [0.4, 0.5) is 5.69 Å².